The third-order valence-corrected chi connectivity index (χ3v) is 3.67. The van der Waals surface area contributed by atoms with Crippen LogP contribution in [0.2, 0.25) is 5.02 Å². The molecular formula is C13H17ClN2O. The Morgan fingerprint density at radius 2 is 2.12 bits per heavy atom. The average molecular weight is 253 g/mol. The number of halogens is 1. The predicted molar refractivity (Wildman–Crippen MR) is 69.1 cm³/mol. The van der Waals surface area contributed by atoms with Crippen molar-refractivity contribution >= 4 is 17.5 Å². The van der Waals surface area contributed by atoms with Gasteiger partial charge in [0.25, 0.3) is 0 Å². The second-order valence-corrected chi connectivity index (χ2v) is 5.02. The normalized spacial score (nSPS) is 25.8. The minimum Gasteiger partial charge on any atom is -0.344 e. The largest absolute Gasteiger partial charge is 0.344 e. The zero-order valence-corrected chi connectivity index (χ0v) is 10.9. The molecule has 0 saturated carbocycles. The molecule has 1 atom stereocenters. The van der Waals surface area contributed by atoms with Gasteiger partial charge in [0.15, 0.2) is 0 Å². The second kappa shape index (κ2) is 4.67. The zero-order valence-electron chi connectivity index (χ0n) is 10.2. The van der Waals surface area contributed by atoms with Gasteiger partial charge in [-0.2, -0.15) is 0 Å². The molecule has 0 bridgehead atoms. The van der Waals surface area contributed by atoms with Crippen LogP contribution in [0.4, 0.5) is 0 Å². The monoisotopic (exact) mass is 252 g/mol. The number of carbonyl (C=O) groups is 1. The lowest BCUT2D eigenvalue weighted by molar-refractivity contribution is -0.135. The first-order valence-corrected chi connectivity index (χ1v) is 6.19. The van der Waals surface area contributed by atoms with E-state index in [0.717, 1.165) is 25.1 Å². The number of likely N-dealkylation sites (N-methyl/N-ethyl adjacent to an activating group) is 1. The highest BCUT2D eigenvalue weighted by Crippen LogP contribution is 2.30. The highest BCUT2D eigenvalue weighted by Gasteiger charge is 2.39. The molecule has 1 aromatic rings. The Morgan fingerprint density at radius 3 is 2.82 bits per heavy atom. The molecule has 1 aliphatic rings. The standard InChI is InChI=1S/C13H17ClN2O/c1-13(10-6-3-4-7-11(10)14)12(17)16(2)9-5-8-15-13/h3-4,6-7,15H,5,8-9H2,1-2H3. The number of hydrogen-bond acceptors (Lipinski definition) is 2. The van der Waals surface area contributed by atoms with E-state index in [-0.39, 0.29) is 5.91 Å². The minimum absolute atomic E-state index is 0.0723. The third kappa shape index (κ3) is 2.17. The molecule has 2 rings (SSSR count). The summed E-state index contributed by atoms with van der Waals surface area (Å²) < 4.78 is 0. The predicted octanol–water partition coefficient (Wildman–Crippen LogP) is 2.01. The average Bonchev–Trinajstić information content (AvgIpc) is 2.44. The molecule has 1 amide bonds. The lowest BCUT2D eigenvalue weighted by Crippen LogP contribution is -2.50. The molecule has 0 aliphatic carbocycles. The molecule has 1 saturated heterocycles. The van der Waals surface area contributed by atoms with Gasteiger partial charge in [0, 0.05) is 18.6 Å². The second-order valence-electron chi connectivity index (χ2n) is 4.61. The Kier molecular flexibility index (Phi) is 3.40. The van der Waals surface area contributed by atoms with Gasteiger partial charge in [-0.1, -0.05) is 29.8 Å². The highest BCUT2D eigenvalue weighted by molar-refractivity contribution is 6.31. The molecular weight excluding hydrogens is 236 g/mol. The Bertz CT molecular complexity index is 435. The van der Waals surface area contributed by atoms with Gasteiger partial charge in [-0.15, -0.1) is 0 Å². The maximum absolute atomic E-state index is 12.4. The number of amides is 1. The van der Waals surface area contributed by atoms with Crippen LogP contribution in [0.3, 0.4) is 0 Å². The SMILES string of the molecule is CN1CCCNC(C)(c2ccccc2Cl)C1=O. The number of benzene rings is 1. The van der Waals surface area contributed by atoms with E-state index in [0.29, 0.717) is 5.02 Å². The summed E-state index contributed by atoms with van der Waals surface area (Å²) in [4.78, 5) is 14.2. The molecule has 3 nitrogen and oxygen atoms in total. The van der Waals surface area contributed by atoms with Gasteiger partial charge in [0.1, 0.15) is 5.54 Å². The summed E-state index contributed by atoms with van der Waals surface area (Å²) in [6.07, 6.45) is 0.961. The van der Waals surface area contributed by atoms with E-state index >= 15 is 0 Å². The molecule has 1 fully saturated rings. The third-order valence-electron chi connectivity index (χ3n) is 3.34. The van der Waals surface area contributed by atoms with Crippen LogP contribution in [0.5, 0.6) is 0 Å². The van der Waals surface area contributed by atoms with E-state index in [9.17, 15) is 4.79 Å². The summed E-state index contributed by atoms with van der Waals surface area (Å²) >= 11 is 6.20. The fraction of sp³-hybridized carbons (Fsp3) is 0.462. The number of nitrogens with one attached hydrogen (secondary N) is 1. The zero-order chi connectivity index (χ0) is 12.5. The molecule has 0 spiro atoms. The van der Waals surface area contributed by atoms with E-state index in [1.807, 2.05) is 38.2 Å². The molecule has 1 N–H and O–H groups in total. The van der Waals surface area contributed by atoms with Crippen LogP contribution in [-0.2, 0) is 10.3 Å². The van der Waals surface area contributed by atoms with Crippen molar-refractivity contribution in [1.82, 2.24) is 10.2 Å². The van der Waals surface area contributed by atoms with E-state index in [2.05, 4.69) is 5.32 Å². The molecule has 1 unspecified atom stereocenters. The van der Waals surface area contributed by atoms with Crippen molar-refractivity contribution in [3.63, 3.8) is 0 Å². The van der Waals surface area contributed by atoms with Crippen molar-refractivity contribution in [1.29, 1.82) is 0 Å². The van der Waals surface area contributed by atoms with Gasteiger partial charge in [0.05, 0.1) is 0 Å². The van der Waals surface area contributed by atoms with Crippen LogP contribution in [-0.4, -0.2) is 30.9 Å². The van der Waals surface area contributed by atoms with Crippen LogP contribution in [0, 0.1) is 0 Å². The maximum Gasteiger partial charge on any atom is 0.246 e. The molecule has 1 aromatic carbocycles. The van der Waals surface area contributed by atoms with Crippen molar-refractivity contribution in [3.05, 3.63) is 34.9 Å². The van der Waals surface area contributed by atoms with E-state index in [1.165, 1.54) is 0 Å². The van der Waals surface area contributed by atoms with E-state index in [4.69, 9.17) is 11.6 Å². The van der Waals surface area contributed by atoms with Crippen molar-refractivity contribution in [2.45, 2.75) is 18.9 Å². The Balaban J connectivity index is 2.46. The van der Waals surface area contributed by atoms with E-state index in [1.54, 1.807) is 4.90 Å². The van der Waals surface area contributed by atoms with Gasteiger partial charge in [0.2, 0.25) is 5.91 Å². The first-order chi connectivity index (χ1) is 8.05. The molecule has 0 aromatic heterocycles. The first-order valence-electron chi connectivity index (χ1n) is 5.81. The number of carbonyl (C=O) groups excluding carboxylic acids is 1. The lowest BCUT2D eigenvalue weighted by atomic mass is 9.90. The summed E-state index contributed by atoms with van der Waals surface area (Å²) in [5.74, 6) is 0.0723. The smallest absolute Gasteiger partial charge is 0.246 e. The topological polar surface area (TPSA) is 32.3 Å². The van der Waals surface area contributed by atoms with Crippen LogP contribution in [0.1, 0.15) is 18.9 Å². The molecule has 1 heterocycles. The molecule has 1 aliphatic heterocycles. The van der Waals surface area contributed by atoms with Crippen LogP contribution in [0.15, 0.2) is 24.3 Å². The van der Waals surface area contributed by atoms with Crippen LogP contribution in [0.25, 0.3) is 0 Å². The Morgan fingerprint density at radius 1 is 1.41 bits per heavy atom. The highest BCUT2D eigenvalue weighted by atomic mass is 35.5. The van der Waals surface area contributed by atoms with Gasteiger partial charge in [-0.25, -0.2) is 0 Å². The summed E-state index contributed by atoms with van der Waals surface area (Å²) in [6.45, 7) is 3.50. The summed E-state index contributed by atoms with van der Waals surface area (Å²) in [5, 5.41) is 3.95. The van der Waals surface area contributed by atoms with Crippen molar-refractivity contribution in [2.24, 2.45) is 0 Å². The Hall–Kier alpha value is -1.06. The van der Waals surface area contributed by atoms with Gasteiger partial charge in [-0.05, 0) is 31.5 Å². The molecule has 17 heavy (non-hydrogen) atoms. The summed E-state index contributed by atoms with van der Waals surface area (Å²) in [6, 6.07) is 7.51. The van der Waals surface area contributed by atoms with Crippen LogP contribution >= 0.6 is 11.6 Å². The summed E-state index contributed by atoms with van der Waals surface area (Å²) in [7, 11) is 1.84. The quantitative estimate of drug-likeness (QED) is 0.829. The van der Waals surface area contributed by atoms with Crippen molar-refractivity contribution < 1.29 is 4.79 Å². The van der Waals surface area contributed by atoms with Crippen molar-refractivity contribution in [3.8, 4) is 0 Å². The minimum atomic E-state index is -0.719. The van der Waals surface area contributed by atoms with Gasteiger partial charge < -0.3 is 4.90 Å². The van der Waals surface area contributed by atoms with Crippen LogP contribution < -0.4 is 5.32 Å². The Labute approximate surface area is 107 Å². The maximum atomic E-state index is 12.4. The molecule has 92 valence electrons. The van der Waals surface area contributed by atoms with Gasteiger partial charge in [-0.3, -0.25) is 10.1 Å². The number of rotatable bonds is 1. The summed E-state index contributed by atoms with van der Waals surface area (Å²) in [5.41, 5.74) is 0.129. The lowest BCUT2D eigenvalue weighted by Gasteiger charge is -2.31. The van der Waals surface area contributed by atoms with Crippen molar-refractivity contribution in [2.75, 3.05) is 20.1 Å². The fourth-order valence-corrected chi connectivity index (χ4v) is 2.62. The molecule has 0 radical (unpaired) electrons. The number of nitrogens with zero attached hydrogens (tertiary/aromatic N) is 1. The number of hydrogen-bond donors (Lipinski definition) is 1. The fourth-order valence-electron chi connectivity index (χ4n) is 2.29. The molecule has 4 heteroatoms. The first kappa shape index (κ1) is 12.4. The van der Waals surface area contributed by atoms with E-state index < -0.39 is 5.54 Å². The van der Waals surface area contributed by atoms with Gasteiger partial charge >= 0.3 is 0 Å².